The molecule has 0 spiro atoms. The minimum Gasteiger partial charge on any atom is -0.496 e. The first-order chi connectivity index (χ1) is 9.20. The lowest BCUT2D eigenvalue weighted by atomic mass is 10.2. The van der Waals surface area contributed by atoms with E-state index in [1.807, 2.05) is 23.1 Å². The quantitative estimate of drug-likeness (QED) is 0.886. The first-order valence-electron chi connectivity index (χ1n) is 6.26. The van der Waals surface area contributed by atoms with Gasteiger partial charge in [0.2, 0.25) is 0 Å². The number of carbonyl (C=O) groups excluding carboxylic acids is 1. The molecule has 0 bridgehead atoms. The van der Waals surface area contributed by atoms with Crippen molar-refractivity contribution in [2.24, 2.45) is 0 Å². The van der Waals surface area contributed by atoms with Crippen LogP contribution in [0, 0.1) is 0 Å². The number of nitrogens with one attached hydrogen (secondary N) is 2. The Morgan fingerprint density at radius 1 is 1.47 bits per heavy atom. The molecule has 1 aromatic carbocycles. The standard InChI is InChI=1S/C13H18BrN3O2/c1-19-12-3-2-10(8-11(12)14)9-16-13(18)17-6-4-15-5-7-17/h2-3,8,15H,4-7,9H2,1H3,(H,16,18). The number of urea groups is 1. The van der Waals surface area contributed by atoms with E-state index in [2.05, 4.69) is 26.6 Å². The zero-order chi connectivity index (χ0) is 13.7. The molecule has 0 radical (unpaired) electrons. The van der Waals surface area contributed by atoms with Crippen LogP contribution in [0.5, 0.6) is 5.75 Å². The summed E-state index contributed by atoms with van der Waals surface area (Å²) in [4.78, 5) is 13.8. The monoisotopic (exact) mass is 327 g/mol. The molecular weight excluding hydrogens is 310 g/mol. The molecule has 5 nitrogen and oxygen atoms in total. The third-order valence-electron chi connectivity index (χ3n) is 3.06. The van der Waals surface area contributed by atoms with E-state index in [1.54, 1.807) is 7.11 Å². The lowest BCUT2D eigenvalue weighted by Crippen LogP contribution is -2.50. The molecule has 0 atom stereocenters. The van der Waals surface area contributed by atoms with Gasteiger partial charge in [0.15, 0.2) is 0 Å². The summed E-state index contributed by atoms with van der Waals surface area (Å²) in [6.07, 6.45) is 0. The number of hydrogen-bond acceptors (Lipinski definition) is 3. The highest BCUT2D eigenvalue weighted by Gasteiger charge is 2.15. The van der Waals surface area contributed by atoms with Crippen LogP contribution < -0.4 is 15.4 Å². The van der Waals surface area contributed by atoms with Gasteiger partial charge < -0.3 is 20.3 Å². The first kappa shape index (κ1) is 14.1. The molecule has 0 saturated carbocycles. The van der Waals surface area contributed by atoms with Crippen molar-refractivity contribution in [1.82, 2.24) is 15.5 Å². The van der Waals surface area contributed by atoms with Crippen LogP contribution >= 0.6 is 15.9 Å². The van der Waals surface area contributed by atoms with E-state index in [4.69, 9.17) is 4.74 Å². The van der Waals surface area contributed by atoms with Crippen LogP contribution in [0.1, 0.15) is 5.56 Å². The molecule has 2 N–H and O–H groups in total. The number of rotatable bonds is 3. The number of carbonyl (C=O) groups is 1. The van der Waals surface area contributed by atoms with E-state index >= 15 is 0 Å². The van der Waals surface area contributed by atoms with Gasteiger partial charge in [-0.3, -0.25) is 0 Å². The lowest BCUT2D eigenvalue weighted by Gasteiger charge is -2.27. The number of hydrogen-bond donors (Lipinski definition) is 2. The summed E-state index contributed by atoms with van der Waals surface area (Å²) < 4.78 is 6.06. The van der Waals surface area contributed by atoms with Crippen molar-refractivity contribution in [3.8, 4) is 5.75 Å². The van der Waals surface area contributed by atoms with Crippen molar-refractivity contribution < 1.29 is 9.53 Å². The van der Waals surface area contributed by atoms with Crippen LogP contribution in [0.4, 0.5) is 4.79 Å². The Morgan fingerprint density at radius 2 is 2.21 bits per heavy atom. The van der Waals surface area contributed by atoms with Crippen LogP contribution in [-0.4, -0.2) is 44.2 Å². The van der Waals surface area contributed by atoms with Crippen molar-refractivity contribution in [3.63, 3.8) is 0 Å². The number of halogens is 1. The maximum absolute atomic E-state index is 11.9. The van der Waals surface area contributed by atoms with E-state index in [1.165, 1.54) is 0 Å². The lowest BCUT2D eigenvalue weighted by molar-refractivity contribution is 0.190. The van der Waals surface area contributed by atoms with E-state index in [9.17, 15) is 4.79 Å². The SMILES string of the molecule is COc1ccc(CNC(=O)N2CCNCC2)cc1Br. The van der Waals surface area contributed by atoms with Gasteiger partial charge in [0, 0.05) is 32.7 Å². The average Bonchev–Trinajstić information content (AvgIpc) is 2.46. The molecule has 0 unspecified atom stereocenters. The fourth-order valence-electron chi connectivity index (χ4n) is 1.98. The molecule has 1 saturated heterocycles. The zero-order valence-corrected chi connectivity index (χ0v) is 12.5. The summed E-state index contributed by atoms with van der Waals surface area (Å²) in [6.45, 7) is 3.77. The van der Waals surface area contributed by atoms with Crippen molar-refractivity contribution in [2.45, 2.75) is 6.54 Å². The van der Waals surface area contributed by atoms with Crippen LogP contribution in [0.25, 0.3) is 0 Å². The fraction of sp³-hybridized carbons (Fsp3) is 0.462. The molecule has 1 aliphatic rings. The molecule has 104 valence electrons. The highest BCUT2D eigenvalue weighted by atomic mass is 79.9. The van der Waals surface area contributed by atoms with E-state index in [-0.39, 0.29) is 6.03 Å². The number of ether oxygens (including phenoxy) is 1. The second kappa shape index (κ2) is 6.77. The van der Waals surface area contributed by atoms with Crippen molar-refractivity contribution in [1.29, 1.82) is 0 Å². The van der Waals surface area contributed by atoms with Crippen molar-refractivity contribution in [2.75, 3.05) is 33.3 Å². The van der Waals surface area contributed by atoms with Crippen LogP contribution in [0.2, 0.25) is 0 Å². The van der Waals surface area contributed by atoms with Gasteiger partial charge in [0.05, 0.1) is 11.6 Å². The summed E-state index contributed by atoms with van der Waals surface area (Å²) in [7, 11) is 1.63. The molecular formula is C13H18BrN3O2. The molecule has 0 aliphatic carbocycles. The fourth-order valence-corrected chi connectivity index (χ4v) is 2.57. The maximum atomic E-state index is 11.9. The van der Waals surface area contributed by atoms with Gasteiger partial charge in [-0.25, -0.2) is 4.79 Å². The predicted molar refractivity (Wildman–Crippen MR) is 77.4 cm³/mol. The molecule has 19 heavy (non-hydrogen) atoms. The Kier molecular flexibility index (Phi) is 5.04. The zero-order valence-electron chi connectivity index (χ0n) is 10.9. The van der Waals surface area contributed by atoms with Crippen LogP contribution in [0.15, 0.2) is 22.7 Å². The number of benzene rings is 1. The average molecular weight is 328 g/mol. The number of nitrogens with zero attached hydrogens (tertiary/aromatic N) is 1. The van der Waals surface area contributed by atoms with Crippen molar-refractivity contribution in [3.05, 3.63) is 28.2 Å². The Morgan fingerprint density at radius 3 is 2.84 bits per heavy atom. The summed E-state index contributed by atoms with van der Waals surface area (Å²) in [5, 5.41) is 6.15. The summed E-state index contributed by atoms with van der Waals surface area (Å²) in [5.74, 6) is 0.789. The van der Waals surface area contributed by atoms with Gasteiger partial charge in [-0.15, -0.1) is 0 Å². The summed E-state index contributed by atoms with van der Waals surface area (Å²) >= 11 is 3.43. The Hall–Kier alpha value is -1.27. The number of amides is 2. The maximum Gasteiger partial charge on any atom is 0.317 e. The van der Waals surface area contributed by atoms with Gasteiger partial charge in [-0.2, -0.15) is 0 Å². The second-order valence-corrected chi connectivity index (χ2v) is 5.22. The Labute approximate surface area is 121 Å². The second-order valence-electron chi connectivity index (χ2n) is 4.36. The highest BCUT2D eigenvalue weighted by Crippen LogP contribution is 2.25. The minimum atomic E-state index is -0.00607. The third kappa shape index (κ3) is 3.84. The Balaban J connectivity index is 1.87. The van der Waals surface area contributed by atoms with Crippen LogP contribution in [-0.2, 0) is 6.54 Å². The van der Waals surface area contributed by atoms with Gasteiger partial charge in [0.1, 0.15) is 5.75 Å². The van der Waals surface area contributed by atoms with E-state index in [0.717, 1.165) is 42.0 Å². The third-order valence-corrected chi connectivity index (χ3v) is 3.68. The van der Waals surface area contributed by atoms with Gasteiger partial charge in [-0.05, 0) is 33.6 Å². The molecule has 6 heteroatoms. The normalized spacial score (nSPS) is 15.2. The Bertz CT molecular complexity index is 448. The topological polar surface area (TPSA) is 53.6 Å². The van der Waals surface area contributed by atoms with E-state index in [0.29, 0.717) is 6.54 Å². The predicted octanol–water partition coefficient (Wildman–Crippen LogP) is 1.57. The molecule has 1 aromatic rings. The smallest absolute Gasteiger partial charge is 0.317 e. The summed E-state index contributed by atoms with van der Waals surface area (Å²) in [6, 6.07) is 5.78. The largest absolute Gasteiger partial charge is 0.496 e. The minimum absolute atomic E-state index is 0.00607. The van der Waals surface area contributed by atoms with E-state index < -0.39 is 0 Å². The van der Waals surface area contributed by atoms with Gasteiger partial charge in [-0.1, -0.05) is 6.07 Å². The number of piperazine rings is 1. The number of methoxy groups -OCH3 is 1. The molecule has 1 fully saturated rings. The molecule has 1 aliphatic heterocycles. The molecule has 1 heterocycles. The summed E-state index contributed by atoms with van der Waals surface area (Å²) in [5.41, 5.74) is 1.04. The molecule has 2 rings (SSSR count). The first-order valence-corrected chi connectivity index (χ1v) is 7.06. The van der Waals surface area contributed by atoms with Crippen LogP contribution in [0.3, 0.4) is 0 Å². The van der Waals surface area contributed by atoms with Gasteiger partial charge >= 0.3 is 6.03 Å². The van der Waals surface area contributed by atoms with Crippen molar-refractivity contribution >= 4 is 22.0 Å². The van der Waals surface area contributed by atoms with Gasteiger partial charge in [0.25, 0.3) is 0 Å². The highest BCUT2D eigenvalue weighted by molar-refractivity contribution is 9.10. The molecule has 2 amide bonds. The molecule has 0 aromatic heterocycles.